The van der Waals surface area contributed by atoms with E-state index >= 15 is 0 Å². The van der Waals surface area contributed by atoms with Gasteiger partial charge in [-0.25, -0.2) is 0 Å². The maximum Gasteiger partial charge on any atom is -0.0315 e. The summed E-state index contributed by atoms with van der Waals surface area (Å²) in [6, 6.07) is 0. The van der Waals surface area contributed by atoms with Gasteiger partial charge in [0.1, 0.15) is 0 Å². The second-order valence-electron chi connectivity index (χ2n) is 23.4. The first-order chi connectivity index (χ1) is 25.8. The van der Waals surface area contributed by atoms with Crippen LogP contribution in [0.15, 0.2) is 0 Å². The fraction of sp³-hybridized carbons (Fsp3) is 1.00. The lowest BCUT2D eigenvalue weighted by Crippen LogP contribution is -2.57. The van der Waals surface area contributed by atoms with Crippen LogP contribution in [-0.4, -0.2) is 0 Å². The van der Waals surface area contributed by atoms with Crippen LogP contribution in [0.3, 0.4) is 0 Å². The number of hydrogen-bond acceptors (Lipinski definition) is 0. The smallest absolute Gasteiger partial charge is 0.0315 e. The Kier molecular flexibility index (Phi) is 10.2. The summed E-state index contributed by atoms with van der Waals surface area (Å²) in [5, 5.41) is 0. The van der Waals surface area contributed by atoms with E-state index in [0.29, 0.717) is 0 Å². The van der Waals surface area contributed by atoms with E-state index in [1.807, 2.05) is 0 Å². The van der Waals surface area contributed by atoms with Crippen molar-refractivity contribution in [1.29, 1.82) is 0 Å². The highest BCUT2D eigenvalue weighted by atomic mass is 14.7. The Balaban J connectivity index is 1.05. The largest absolute Gasteiger partial charge is 0.0533 e. The standard InChI is InChI=1S/C52H84/c1-3-16-33(17-4-1)38-23-11-13-26-42(38)49-45-30-35-20-7-8-21-36(35)31-46(45)50(43-27-14-12-24-39(43)34-18-5-2-6-19-34)52-47-32-37-22-9-10-25-40(37)41-28-15-29-44(48(41)47)51(49)52/h33-52H,1-32H2. The summed E-state index contributed by atoms with van der Waals surface area (Å²) in [7, 11) is 0. The predicted octanol–water partition coefficient (Wildman–Crippen LogP) is 14.9. The highest BCUT2D eigenvalue weighted by Crippen LogP contribution is 2.74. The van der Waals surface area contributed by atoms with E-state index in [0.717, 1.165) is 112 Å². The second kappa shape index (κ2) is 15.1. The van der Waals surface area contributed by atoms with Crippen molar-refractivity contribution in [2.75, 3.05) is 0 Å². The van der Waals surface area contributed by atoms with Gasteiger partial charge in [-0.3, -0.25) is 0 Å². The van der Waals surface area contributed by atoms with Gasteiger partial charge in [-0.2, -0.15) is 0 Å². The summed E-state index contributed by atoms with van der Waals surface area (Å²) >= 11 is 0. The van der Waals surface area contributed by atoms with Crippen LogP contribution in [0.2, 0.25) is 0 Å². The van der Waals surface area contributed by atoms with Gasteiger partial charge in [0.2, 0.25) is 0 Å². The van der Waals surface area contributed by atoms with Crippen LogP contribution in [0.5, 0.6) is 0 Å². The van der Waals surface area contributed by atoms with Crippen molar-refractivity contribution in [2.24, 2.45) is 118 Å². The normalized spacial score (nSPS) is 54.2. The monoisotopic (exact) mass is 709 g/mol. The zero-order valence-electron chi connectivity index (χ0n) is 34.2. The van der Waals surface area contributed by atoms with Crippen LogP contribution in [0.4, 0.5) is 0 Å². The Hall–Kier alpha value is 0. The fourth-order valence-electron chi connectivity index (χ4n) is 20.8. The molecule has 0 nitrogen and oxygen atoms in total. The van der Waals surface area contributed by atoms with Gasteiger partial charge in [-0.05, 0) is 183 Å². The van der Waals surface area contributed by atoms with Crippen LogP contribution < -0.4 is 0 Å². The molecule has 0 heterocycles. The molecule has 11 fully saturated rings. The first kappa shape index (κ1) is 35.2. The first-order valence-electron chi connectivity index (χ1n) is 25.8. The third-order valence-electron chi connectivity index (χ3n) is 22.0. The molecule has 0 spiro atoms. The van der Waals surface area contributed by atoms with Gasteiger partial charge in [-0.15, -0.1) is 0 Å². The van der Waals surface area contributed by atoms with Crippen molar-refractivity contribution in [2.45, 2.75) is 205 Å². The van der Waals surface area contributed by atoms with Crippen LogP contribution in [0, 0.1) is 118 Å². The molecule has 0 amide bonds. The Labute approximate surface area is 322 Å². The van der Waals surface area contributed by atoms with Crippen LogP contribution in [0.1, 0.15) is 205 Å². The maximum atomic E-state index is 1.73. The molecule has 11 rings (SSSR count). The SMILES string of the molecule is C1CCC(C2CCCCC2C2C3CC4CCCCC4CC3C(C3CCCCC3C3CCCCC3)C3C4CC5CCCCC5C5CCCC(C54)C23)CC1. The van der Waals surface area contributed by atoms with Gasteiger partial charge in [-0.1, -0.05) is 141 Å². The van der Waals surface area contributed by atoms with Gasteiger partial charge < -0.3 is 0 Å². The van der Waals surface area contributed by atoms with Crippen molar-refractivity contribution in [1.82, 2.24) is 0 Å². The van der Waals surface area contributed by atoms with Crippen molar-refractivity contribution >= 4 is 0 Å². The summed E-state index contributed by atoms with van der Waals surface area (Å²) in [5.74, 6) is 22.8. The second-order valence-corrected chi connectivity index (χ2v) is 23.4. The molecule has 0 bridgehead atoms. The highest BCUT2D eigenvalue weighted by molar-refractivity contribution is 5.16. The summed E-state index contributed by atoms with van der Waals surface area (Å²) in [6.45, 7) is 0. The van der Waals surface area contributed by atoms with Gasteiger partial charge >= 0.3 is 0 Å². The van der Waals surface area contributed by atoms with Crippen molar-refractivity contribution in [3.63, 3.8) is 0 Å². The van der Waals surface area contributed by atoms with E-state index in [2.05, 4.69) is 0 Å². The topological polar surface area (TPSA) is 0 Å². The molecule has 0 radical (unpaired) electrons. The van der Waals surface area contributed by atoms with Crippen molar-refractivity contribution in [3.8, 4) is 0 Å². The molecule has 0 heteroatoms. The Morgan fingerprint density at radius 3 is 1.02 bits per heavy atom. The van der Waals surface area contributed by atoms with Gasteiger partial charge in [0, 0.05) is 0 Å². The van der Waals surface area contributed by atoms with Crippen LogP contribution >= 0.6 is 0 Å². The lowest BCUT2D eigenvalue weighted by Gasteiger charge is -2.63. The van der Waals surface area contributed by atoms with Gasteiger partial charge in [0.25, 0.3) is 0 Å². The molecule has 18 atom stereocenters. The highest BCUT2D eigenvalue weighted by Gasteiger charge is 2.68. The third kappa shape index (κ3) is 5.95. The quantitative estimate of drug-likeness (QED) is 0.273. The van der Waals surface area contributed by atoms with E-state index < -0.39 is 0 Å². The average molecular weight is 709 g/mol. The summed E-state index contributed by atoms with van der Waals surface area (Å²) in [4.78, 5) is 0. The third-order valence-corrected chi connectivity index (χ3v) is 22.0. The van der Waals surface area contributed by atoms with E-state index in [4.69, 9.17) is 0 Å². The number of rotatable bonds is 4. The lowest BCUT2D eigenvalue weighted by molar-refractivity contribution is -0.151. The Morgan fingerprint density at radius 2 is 0.481 bits per heavy atom. The Morgan fingerprint density at radius 1 is 0.154 bits per heavy atom. The van der Waals surface area contributed by atoms with Crippen LogP contribution in [0.25, 0.3) is 0 Å². The summed E-state index contributed by atoms with van der Waals surface area (Å²) in [5.41, 5.74) is 0. The van der Waals surface area contributed by atoms with E-state index in [1.54, 1.807) is 205 Å². The molecule has 11 saturated carbocycles. The fourth-order valence-corrected chi connectivity index (χ4v) is 20.8. The molecule has 0 N–H and O–H groups in total. The minimum Gasteiger partial charge on any atom is -0.0533 e. The summed E-state index contributed by atoms with van der Waals surface area (Å²) < 4.78 is 0. The molecule has 0 aromatic carbocycles. The zero-order chi connectivity index (χ0) is 34.2. The molecular weight excluding hydrogens is 625 g/mol. The lowest BCUT2D eigenvalue weighted by atomic mass is 9.42. The maximum absolute atomic E-state index is 1.73. The van der Waals surface area contributed by atoms with Crippen LogP contribution in [-0.2, 0) is 0 Å². The minimum atomic E-state index is 1.11. The summed E-state index contributed by atoms with van der Waals surface area (Å²) in [6.07, 6.45) is 51.9. The predicted molar refractivity (Wildman–Crippen MR) is 218 cm³/mol. The number of fused-ring (bicyclic) bond motifs is 7. The molecule has 0 saturated heterocycles. The molecule has 52 heavy (non-hydrogen) atoms. The molecular formula is C52H84. The van der Waals surface area contributed by atoms with Crippen molar-refractivity contribution < 1.29 is 0 Å². The molecule has 292 valence electrons. The first-order valence-corrected chi connectivity index (χ1v) is 25.8. The Bertz CT molecular complexity index is 1190. The zero-order valence-corrected chi connectivity index (χ0v) is 34.2. The number of hydrogen-bond donors (Lipinski definition) is 0. The molecule has 0 aromatic rings. The average Bonchev–Trinajstić information content (AvgIpc) is 3.54. The minimum absolute atomic E-state index is 1.11. The van der Waals surface area contributed by atoms with E-state index in [9.17, 15) is 0 Å². The molecule has 18 unspecified atom stereocenters. The molecule has 0 aromatic heterocycles. The molecule has 0 aliphatic heterocycles. The van der Waals surface area contributed by atoms with Gasteiger partial charge in [0.15, 0.2) is 0 Å². The molecule has 11 aliphatic carbocycles. The van der Waals surface area contributed by atoms with Crippen molar-refractivity contribution in [3.05, 3.63) is 0 Å². The molecule has 11 aliphatic rings. The van der Waals surface area contributed by atoms with E-state index in [1.165, 1.54) is 5.92 Å². The van der Waals surface area contributed by atoms with E-state index in [-0.39, 0.29) is 0 Å². The van der Waals surface area contributed by atoms with Gasteiger partial charge in [0.05, 0.1) is 0 Å².